The summed E-state index contributed by atoms with van der Waals surface area (Å²) in [7, 11) is 0. The predicted molar refractivity (Wildman–Crippen MR) is 101 cm³/mol. The molecule has 1 N–H and O–H groups in total. The molecule has 7 nitrogen and oxygen atoms in total. The molecule has 0 unspecified atom stereocenters. The average Bonchev–Trinajstić information content (AvgIpc) is 2.89. The van der Waals surface area contributed by atoms with Gasteiger partial charge >= 0.3 is 0 Å². The van der Waals surface area contributed by atoms with Crippen LogP contribution in [-0.2, 0) is 0 Å². The summed E-state index contributed by atoms with van der Waals surface area (Å²) in [5.41, 5.74) is 4.06. The molecular weight excluding hydrogens is 332 g/mol. The summed E-state index contributed by atoms with van der Waals surface area (Å²) in [4.78, 5) is 27.4. The number of nitro benzene ring substituents is 1. The van der Waals surface area contributed by atoms with Crippen molar-refractivity contribution in [2.75, 3.05) is 0 Å². The van der Waals surface area contributed by atoms with Crippen molar-refractivity contribution in [3.05, 3.63) is 85.3 Å². The van der Waals surface area contributed by atoms with Gasteiger partial charge in [-0.3, -0.25) is 25.0 Å². The molecule has 1 aromatic heterocycles. The van der Waals surface area contributed by atoms with Crippen LogP contribution in [0.5, 0.6) is 0 Å². The largest absolute Gasteiger partial charge is 0.295 e. The van der Waals surface area contributed by atoms with Crippen LogP contribution in [0.1, 0.15) is 22.4 Å². The van der Waals surface area contributed by atoms with E-state index in [1.807, 2.05) is 31.2 Å². The summed E-state index contributed by atoms with van der Waals surface area (Å²) in [5, 5.41) is 13.9. The Balaban J connectivity index is 1.96. The maximum absolute atomic E-state index is 12.7. The molecular formula is C19H18N4O3. The molecule has 0 aliphatic heterocycles. The van der Waals surface area contributed by atoms with Crippen molar-refractivity contribution in [3.8, 4) is 5.69 Å². The van der Waals surface area contributed by atoms with Gasteiger partial charge in [0.05, 0.1) is 21.9 Å². The summed E-state index contributed by atoms with van der Waals surface area (Å²) in [6.45, 7) is 5.53. The number of rotatable bonds is 4. The van der Waals surface area contributed by atoms with Gasteiger partial charge in [0.25, 0.3) is 11.2 Å². The Morgan fingerprint density at radius 3 is 2.42 bits per heavy atom. The van der Waals surface area contributed by atoms with Gasteiger partial charge in [0, 0.05) is 24.0 Å². The minimum absolute atomic E-state index is 0.0148. The molecule has 0 spiro atoms. The van der Waals surface area contributed by atoms with Crippen molar-refractivity contribution in [1.29, 1.82) is 0 Å². The minimum atomic E-state index is -0.447. The number of benzene rings is 2. The van der Waals surface area contributed by atoms with Crippen molar-refractivity contribution >= 4 is 17.6 Å². The van der Waals surface area contributed by atoms with Crippen LogP contribution in [-0.4, -0.2) is 20.9 Å². The van der Waals surface area contributed by atoms with Gasteiger partial charge in [-0.05, 0) is 44.5 Å². The van der Waals surface area contributed by atoms with Crippen LogP contribution in [0, 0.1) is 30.9 Å². The lowest BCUT2D eigenvalue weighted by Crippen LogP contribution is -2.17. The topological polar surface area (TPSA) is 93.3 Å². The zero-order chi connectivity index (χ0) is 18.8. The van der Waals surface area contributed by atoms with Crippen LogP contribution in [0.4, 0.5) is 11.4 Å². The highest BCUT2D eigenvalue weighted by atomic mass is 16.6. The number of aromatic amines is 1. The van der Waals surface area contributed by atoms with Crippen molar-refractivity contribution in [2.45, 2.75) is 20.8 Å². The molecule has 1 heterocycles. The molecule has 3 rings (SSSR count). The Morgan fingerprint density at radius 2 is 1.81 bits per heavy atom. The first-order valence-corrected chi connectivity index (χ1v) is 8.04. The molecule has 0 atom stereocenters. The first kappa shape index (κ1) is 17.3. The summed E-state index contributed by atoms with van der Waals surface area (Å²) in [6, 6.07) is 12.0. The molecule has 0 aliphatic rings. The van der Waals surface area contributed by atoms with E-state index < -0.39 is 4.92 Å². The predicted octanol–water partition coefficient (Wildman–Crippen LogP) is 3.75. The van der Waals surface area contributed by atoms with E-state index in [2.05, 4.69) is 10.1 Å². The Kier molecular flexibility index (Phi) is 4.53. The van der Waals surface area contributed by atoms with Gasteiger partial charge in [-0.25, -0.2) is 4.68 Å². The zero-order valence-corrected chi connectivity index (χ0v) is 14.7. The fourth-order valence-electron chi connectivity index (χ4n) is 2.62. The van der Waals surface area contributed by atoms with Crippen molar-refractivity contribution < 1.29 is 4.92 Å². The third-order valence-electron chi connectivity index (χ3n) is 4.13. The molecule has 0 fully saturated rings. The Bertz CT molecular complexity index is 1060. The highest BCUT2D eigenvalue weighted by Crippen LogP contribution is 2.23. The second-order valence-electron chi connectivity index (χ2n) is 6.11. The normalized spacial score (nSPS) is 11.2. The second-order valence-corrected chi connectivity index (χ2v) is 6.11. The molecule has 132 valence electrons. The first-order chi connectivity index (χ1) is 12.4. The molecule has 0 saturated heterocycles. The van der Waals surface area contributed by atoms with Crippen molar-refractivity contribution in [2.24, 2.45) is 4.99 Å². The molecule has 0 aliphatic carbocycles. The van der Waals surface area contributed by atoms with Gasteiger partial charge in [0.1, 0.15) is 0 Å². The lowest BCUT2D eigenvalue weighted by molar-refractivity contribution is -0.384. The van der Waals surface area contributed by atoms with Gasteiger partial charge in [-0.2, -0.15) is 0 Å². The molecule has 7 heteroatoms. The number of nitrogens with one attached hydrogen (secondary N) is 1. The second kappa shape index (κ2) is 6.79. The highest BCUT2D eigenvalue weighted by Gasteiger charge is 2.11. The average molecular weight is 350 g/mol. The van der Waals surface area contributed by atoms with Crippen LogP contribution in [0.25, 0.3) is 5.69 Å². The minimum Gasteiger partial charge on any atom is -0.295 e. The van der Waals surface area contributed by atoms with Gasteiger partial charge < -0.3 is 0 Å². The maximum Gasteiger partial charge on any atom is 0.280 e. The lowest BCUT2D eigenvalue weighted by Gasteiger charge is -2.01. The fraction of sp³-hybridized carbons (Fsp3) is 0.158. The number of nitrogens with zero attached hydrogens (tertiary/aromatic N) is 3. The van der Waals surface area contributed by atoms with Crippen LogP contribution >= 0.6 is 0 Å². The third-order valence-corrected chi connectivity index (χ3v) is 4.13. The van der Waals surface area contributed by atoms with E-state index in [0.717, 1.165) is 11.3 Å². The number of aryl methyl sites for hydroxylation is 3. The molecule has 0 amide bonds. The smallest absolute Gasteiger partial charge is 0.280 e. The van der Waals surface area contributed by atoms with E-state index >= 15 is 0 Å². The number of nitro groups is 1. The monoisotopic (exact) mass is 350 g/mol. The van der Waals surface area contributed by atoms with Gasteiger partial charge in [0.2, 0.25) is 0 Å². The SMILES string of the molecule is Cc1ccc(-n2[nH]c(C)c(C=Nc3ccc([N+](=O)[O-])cc3C)c2=O)cc1. The van der Waals surface area contributed by atoms with Crippen LogP contribution < -0.4 is 5.56 Å². The standard InChI is InChI=1S/C19H18N4O3/c1-12-4-6-15(7-5-12)22-19(24)17(14(3)21-22)11-20-18-9-8-16(23(25)26)10-13(18)2/h4-11,21H,1-3H3. The quantitative estimate of drug-likeness (QED) is 0.441. The number of hydrogen-bond donors (Lipinski definition) is 1. The summed E-state index contributed by atoms with van der Waals surface area (Å²) >= 11 is 0. The molecule has 0 saturated carbocycles. The number of aromatic nitrogens is 2. The van der Waals surface area contributed by atoms with Crippen molar-refractivity contribution in [1.82, 2.24) is 9.78 Å². The Labute approximate surface area is 149 Å². The van der Waals surface area contributed by atoms with Gasteiger partial charge in [0.15, 0.2) is 0 Å². The summed E-state index contributed by atoms with van der Waals surface area (Å²) in [6.07, 6.45) is 1.49. The van der Waals surface area contributed by atoms with Crippen molar-refractivity contribution in [3.63, 3.8) is 0 Å². The van der Waals surface area contributed by atoms with Gasteiger partial charge in [-0.1, -0.05) is 17.7 Å². The van der Waals surface area contributed by atoms with Crippen LogP contribution in [0.2, 0.25) is 0 Å². The summed E-state index contributed by atoms with van der Waals surface area (Å²) in [5.74, 6) is 0. The van der Waals surface area contributed by atoms with Gasteiger partial charge in [-0.15, -0.1) is 0 Å². The van der Waals surface area contributed by atoms with E-state index in [-0.39, 0.29) is 11.2 Å². The van der Waals surface area contributed by atoms with E-state index in [1.54, 1.807) is 19.9 Å². The third kappa shape index (κ3) is 3.32. The fourth-order valence-corrected chi connectivity index (χ4v) is 2.62. The Hall–Kier alpha value is -3.48. The summed E-state index contributed by atoms with van der Waals surface area (Å²) < 4.78 is 1.47. The highest BCUT2D eigenvalue weighted by molar-refractivity contribution is 5.83. The lowest BCUT2D eigenvalue weighted by atomic mass is 10.2. The van der Waals surface area contributed by atoms with E-state index in [0.29, 0.717) is 22.5 Å². The van der Waals surface area contributed by atoms with E-state index in [4.69, 9.17) is 0 Å². The maximum atomic E-state index is 12.7. The Morgan fingerprint density at radius 1 is 1.12 bits per heavy atom. The van der Waals surface area contributed by atoms with Crippen LogP contribution in [0.15, 0.2) is 52.3 Å². The molecule has 0 radical (unpaired) electrons. The molecule has 2 aromatic carbocycles. The molecule has 26 heavy (non-hydrogen) atoms. The molecule has 0 bridgehead atoms. The van der Waals surface area contributed by atoms with E-state index in [1.165, 1.54) is 23.0 Å². The number of hydrogen-bond acceptors (Lipinski definition) is 4. The van der Waals surface area contributed by atoms with Crippen LogP contribution in [0.3, 0.4) is 0 Å². The zero-order valence-electron chi connectivity index (χ0n) is 14.7. The number of non-ortho nitro benzene ring substituents is 1. The number of aliphatic imine (C=N–C) groups is 1. The number of H-pyrrole nitrogens is 1. The molecule has 3 aromatic rings. The first-order valence-electron chi connectivity index (χ1n) is 8.04. The van der Waals surface area contributed by atoms with E-state index in [9.17, 15) is 14.9 Å².